The van der Waals surface area contributed by atoms with Crippen LogP contribution in [0.2, 0.25) is 0 Å². The summed E-state index contributed by atoms with van der Waals surface area (Å²) in [5.41, 5.74) is 1.09. The molecule has 5 nitrogen and oxygen atoms in total. The van der Waals surface area contributed by atoms with E-state index >= 15 is 0 Å². The molecule has 0 saturated heterocycles. The van der Waals surface area contributed by atoms with Gasteiger partial charge < -0.3 is 15.2 Å². The molecule has 108 valence electrons. The van der Waals surface area contributed by atoms with Crippen molar-refractivity contribution in [3.05, 3.63) is 16.8 Å². The van der Waals surface area contributed by atoms with Crippen LogP contribution in [0.25, 0.3) is 10.2 Å². The monoisotopic (exact) mass is 292 g/mol. The predicted octanol–water partition coefficient (Wildman–Crippen LogP) is 1.88. The van der Waals surface area contributed by atoms with Crippen LogP contribution >= 0.6 is 11.3 Å². The van der Waals surface area contributed by atoms with E-state index in [1.54, 1.807) is 11.3 Å². The van der Waals surface area contributed by atoms with E-state index < -0.39 is 12.0 Å². The van der Waals surface area contributed by atoms with Crippen LogP contribution in [-0.2, 0) is 4.79 Å². The second kappa shape index (κ2) is 5.75. The van der Waals surface area contributed by atoms with Gasteiger partial charge in [0.2, 0.25) is 0 Å². The largest absolute Gasteiger partial charge is 0.548 e. The first-order valence-electron chi connectivity index (χ1n) is 6.63. The third-order valence-electron chi connectivity index (χ3n) is 3.72. The minimum absolute atomic E-state index is 0.0370. The maximum atomic E-state index is 11.3. The van der Waals surface area contributed by atoms with Crippen molar-refractivity contribution in [2.24, 2.45) is 5.92 Å². The fraction of sp³-hybridized carbons (Fsp3) is 0.500. The van der Waals surface area contributed by atoms with Gasteiger partial charge in [-0.3, -0.25) is 0 Å². The van der Waals surface area contributed by atoms with Crippen LogP contribution in [0.4, 0.5) is 5.82 Å². The van der Waals surface area contributed by atoms with Crippen LogP contribution < -0.4 is 10.4 Å². The van der Waals surface area contributed by atoms with Gasteiger partial charge in [0.15, 0.2) is 0 Å². The first-order valence-corrected chi connectivity index (χ1v) is 7.45. The Bertz CT molecular complexity index is 639. The number of hydrogen-bond donors (Lipinski definition) is 1. The number of aryl methyl sites for hydroxylation is 2. The lowest BCUT2D eigenvalue weighted by Gasteiger charge is -2.26. The van der Waals surface area contributed by atoms with E-state index in [0.717, 1.165) is 27.1 Å². The van der Waals surface area contributed by atoms with Gasteiger partial charge in [0, 0.05) is 4.88 Å². The number of nitrogens with one attached hydrogen (secondary N) is 1. The van der Waals surface area contributed by atoms with Crippen molar-refractivity contribution in [2.45, 2.75) is 40.2 Å². The average Bonchev–Trinajstić information content (AvgIpc) is 2.71. The molecule has 0 saturated carbocycles. The van der Waals surface area contributed by atoms with E-state index in [2.05, 4.69) is 15.3 Å². The van der Waals surface area contributed by atoms with Gasteiger partial charge in [0.25, 0.3) is 0 Å². The van der Waals surface area contributed by atoms with Gasteiger partial charge >= 0.3 is 0 Å². The Morgan fingerprint density at radius 2 is 2.15 bits per heavy atom. The highest BCUT2D eigenvalue weighted by molar-refractivity contribution is 7.18. The minimum atomic E-state index is -1.10. The molecule has 0 aromatic carbocycles. The summed E-state index contributed by atoms with van der Waals surface area (Å²) in [7, 11) is 0. The molecule has 6 heteroatoms. The van der Waals surface area contributed by atoms with Gasteiger partial charge in [-0.15, -0.1) is 11.3 Å². The fourth-order valence-corrected chi connectivity index (χ4v) is 3.11. The number of carbonyl (C=O) groups excluding carboxylic acids is 1. The highest BCUT2D eigenvalue weighted by atomic mass is 32.1. The molecule has 0 radical (unpaired) electrons. The lowest BCUT2D eigenvalue weighted by atomic mass is 9.99. The van der Waals surface area contributed by atoms with Crippen molar-refractivity contribution in [3.63, 3.8) is 0 Å². The normalized spacial score (nSPS) is 14.2. The van der Waals surface area contributed by atoms with Crippen molar-refractivity contribution < 1.29 is 9.90 Å². The number of carboxylic acids is 1. The third-order valence-corrected chi connectivity index (χ3v) is 4.84. The molecule has 0 aliphatic heterocycles. The second-order valence-electron chi connectivity index (χ2n) is 5.01. The van der Waals surface area contributed by atoms with Gasteiger partial charge in [-0.2, -0.15) is 0 Å². The predicted molar refractivity (Wildman–Crippen MR) is 78.8 cm³/mol. The Labute approximate surface area is 122 Å². The molecule has 0 spiro atoms. The van der Waals surface area contributed by atoms with Gasteiger partial charge in [-0.05, 0) is 25.3 Å². The topological polar surface area (TPSA) is 77.9 Å². The molecule has 0 aliphatic carbocycles. The standard InChI is InChI=1S/C14H19N3O2S/c1-5-7(2)11(14(18)19)17-12-10-8(3)9(4)20-13(10)16-6-15-12/h6-7,11H,5H2,1-4H3,(H,18,19)(H,15,16,17)/p-1/t7-,11-/m0/s1. The zero-order chi connectivity index (χ0) is 14.9. The van der Waals surface area contributed by atoms with Gasteiger partial charge in [0.05, 0.1) is 17.4 Å². The lowest BCUT2D eigenvalue weighted by Crippen LogP contribution is -2.45. The van der Waals surface area contributed by atoms with Crippen molar-refractivity contribution in [1.29, 1.82) is 0 Å². The summed E-state index contributed by atoms with van der Waals surface area (Å²) in [6.45, 7) is 7.87. The van der Waals surface area contributed by atoms with E-state index in [0.29, 0.717) is 5.82 Å². The molecule has 0 bridgehead atoms. The number of aliphatic carboxylic acids is 1. The fourth-order valence-electron chi connectivity index (χ4n) is 2.11. The summed E-state index contributed by atoms with van der Waals surface area (Å²) in [6, 6.07) is -0.752. The summed E-state index contributed by atoms with van der Waals surface area (Å²) in [5, 5.41) is 15.2. The smallest absolute Gasteiger partial charge is 0.138 e. The minimum Gasteiger partial charge on any atom is -0.548 e. The molecule has 1 N–H and O–H groups in total. The van der Waals surface area contributed by atoms with E-state index in [-0.39, 0.29) is 5.92 Å². The van der Waals surface area contributed by atoms with Crippen LogP contribution in [0.3, 0.4) is 0 Å². The quantitative estimate of drug-likeness (QED) is 0.910. The maximum Gasteiger partial charge on any atom is 0.138 e. The molecule has 0 aliphatic rings. The van der Waals surface area contributed by atoms with E-state index in [1.807, 2.05) is 27.7 Å². The van der Waals surface area contributed by atoms with Crippen LogP contribution in [0, 0.1) is 19.8 Å². The Kier molecular flexibility index (Phi) is 4.23. The first kappa shape index (κ1) is 14.7. The molecule has 0 amide bonds. The maximum absolute atomic E-state index is 11.3. The van der Waals surface area contributed by atoms with Gasteiger partial charge in [-0.25, -0.2) is 9.97 Å². The van der Waals surface area contributed by atoms with Crippen molar-refractivity contribution in [3.8, 4) is 0 Å². The highest BCUT2D eigenvalue weighted by Gasteiger charge is 2.20. The number of carboxylic acid groups (broad SMARTS) is 1. The van der Waals surface area contributed by atoms with E-state index in [1.165, 1.54) is 6.33 Å². The molecule has 2 heterocycles. The van der Waals surface area contributed by atoms with Crippen molar-refractivity contribution in [2.75, 3.05) is 5.32 Å². The Hall–Kier alpha value is -1.69. The van der Waals surface area contributed by atoms with Gasteiger partial charge in [-0.1, -0.05) is 20.3 Å². The molecule has 20 heavy (non-hydrogen) atoms. The number of hydrogen-bond acceptors (Lipinski definition) is 6. The Balaban J connectivity index is 2.45. The summed E-state index contributed by atoms with van der Waals surface area (Å²) in [5.74, 6) is -0.563. The number of anilines is 1. The van der Waals surface area contributed by atoms with Crippen molar-refractivity contribution >= 4 is 33.3 Å². The third kappa shape index (κ3) is 2.60. The van der Waals surface area contributed by atoms with Crippen LogP contribution in [0.1, 0.15) is 30.7 Å². The number of thiophene rings is 1. The second-order valence-corrected chi connectivity index (χ2v) is 6.22. The van der Waals surface area contributed by atoms with Crippen LogP contribution in [0.15, 0.2) is 6.33 Å². The number of nitrogens with zero attached hydrogens (tertiary/aromatic N) is 2. The molecule has 2 rings (SSSR count). The highest BCUT2D eigenvalue weighted by Crippen LogP contribution is 2.33. The molecule has 2 aromatic heterocycles. The molecular weight excluding hydrogens is 274 g/mol. The van der Waals surface area contributed by atoms with E-state index in [4.69, 9.17) is 0 Å². The van der Waals surface area contributed by atoms with Crippen LogP contribution in [0.5, 0.6) is 0 Å². The molecule has 2 atom stereocenters. The summed E-state index contributed by atoms with van der Waals surface area (Å²) >= 11 is 1.59. The van der Waals surface area contributed by atoms with Gasteiger partial charge in [0.1, 0.15) is 17.0 Å². The average molecular weight is 292 g/mol. The molecule has 0 unspecified atom stereocenters. The van der Waals surface area contributed by atoms with Crippen LogP contribution in [-0.4, -0.2) is 22.0 Å². The van der Waals surface area contributed by atoms with E-state index in [9.17, 15) is 9.90 Å². The number of rotatable bonds is 5. The summed E-state index contributed by atoms with van der Waals surface area (Å²) in [4.78, 5) is 21.8. The zero-order valence-electron chi connectivity index (χ0n) is 12.1. The zero-order valence-corrected chi connectivity index (χ0v) is 12.9. The first-order chi connectivity index (χ1) is 9.45. The summed E-state index contributed by atoms with van der Waals surface area (Å²) < 4.78 is 0. The Morgan fingerprint density at radius 1 is 1.45 bits per heavy atom. The number of carbonyl (C=O) groups is 1. The SMILES string of the molecule is CC[C@H](C)[C@H](Nc1ncnc2sc(C)c(C)c12)C(=O)[O-]. The summed E-state index contributed by atoms with van der Waals surface area (Å²) in [6.07, 6.45) is 2.21. The lowest BCUT2D eigenvalue weighted by molar-refractivity contribution is -0.307. The number of fused-ring (bicyclic) bond motifs is 1. The van der Waals surface area contributed by atoms with Crippen molar-refractivity contribution in [1.82, 2.24) is 9.97 Å². The molecule has 0 fully saturated rings. The molecular formula is C14H18N3O2S-. The molecule has 2 aromatic rings. The Morgan fingerprint density at radius 3 is 2.75 bits per heavy atom. The number of aromatic nitrogens is 2.